The number of aryl methyl sites for hydroxylation is 1. The number of fused-ring (bicyclic) bond motifs is 1. The molecule has 25 heavy (non-hydrogen) atoms. The number of likely N-dealkylation sites (N-methyl/N-ethyl adjacent to an activating group) is 1. The number of aromatic nitrogens is 2. The second-order valence-electron chi connectivity index (χ2n) is 6.65. The third-order valence-corrected chi connectivity index (χ3v) is 5.09. The van der Waals surface area contributed by atoms with Crippen LogP contribution in [0.25, 0.3) is 0 Å². The molecule has 0 radical (unpaired) electrons. The first-order chi connectivity index (χ1) is 12.3. The van der Waals surface area contributed by atoms with Gasteiger partial charge in [-0.05, 0) is 55.6 Å². The normalized spacial score (nSPS) is 16.8. The Labute approximate surface area is 150 Å². The molecule has 1 atom stereocenters. The molecule has 0 fully saturated rings. The van der Waals surface area contributed by atoms with E-state index in [1.807, 2.05) is 6.20 Å². The Morgan fingerprint density at radius 2 is 2.04 bits per heavy atom. The van der Waals surface area contributed by atoms with Crippen LogP contribution in [-0.2, 0) is 13.0 Å². The van der Waals surface area contributed by atoms with E-state index < -0.39 is 0 Å². The Balaban J connectivity index is 1.45. The number of nitrogens with one attached hydrogen (secondary N) is 2. The molecule has 0 bridgehead atoms. The van der Waals surface area contributed by atoms with Crippen molar-refractivity contribution in [3.63, 3.8) is 0 Å². The molecule has 1 aromatic carbocycles. The topological polar surface area (TPSA) is 53.2 Å². The Morgan fingerprint density at radius 1 is 1.24 bits per heavy atom. The average Bonchev–Trinajstić information content (AvgIpc) is 3.14. The SMILES string of the molecule is CCN(CC)CCOc1ccc(CNC2CCCc3cn[nH]c32)cc1. The number of benzene rings is 1. The summed E-state index contributed by atoms with van der Waals surface area (Å²) >= 11 is 0. The van der Waals surface area contributed by atoms with Crippen LogP contribution in [0.2, 0.25) is 0 Å². The predicted octanol–water partition coefficient (Wildman–Crippen LogP) is 3.30. The molecule has 1 heterocycles. The van der Waals surface area contributed by atoms with Gasteiger partial charge in [0.25, 0.3) is 0 Å². The predicted molar refractivity (Wildman–Crippen MR) is 101 cm³/mol. The van der Waals surface area contributed by atoms with Gasteiger partial charge in [-0.15, -0.1) is 0 Å². The lowest BCUT2D eigenvalue weighted by molar-refractivity contribution is 0.223. The molecule has 1 aliphatic rings. The van der Waals surface area contributed by atoms with Crippen molar-refractivity contribution in [2.24, 2.45) is 0 Å². The van der Waals surface area contributed by atoms with Crippen LogP contribution in [0, 0.1) is 0 Å². The minimum absolute atomic E-state index is 0.385. The van der Waals surface area contributed by atoms with Gasteiger partial charge >= 0.3 is 0 Å². The Bertz CT molecular complexity index is 633. The molecule has 0 spiro atoms. The van der Waals surface area contributed by atoms with Crippen molar-refractivity contribution in [2.45, 2.75) is 45.7 Å². The highest BCUT2D eigenvalue weighted by molar-refractivity contribution is 5.28. The van der Waals surface area contributed by atoms with E-state index in [9.17, 15) is 0 Å². The van der Waals surface area contributed by atoms with Gasteiger partial charge < -0.3 is 15.0 Å². The second-order valence-corrected chi connectivity index (χ2v) is 6.65. The zero-order valence-electron chi connectivity index (χ0n) is 15.4. The molecule has 2 aromatic rings. The first-order valence-corrected chi connectivity index (χ1v) is 9.49. The summed E-state index contributed by atoms with van der Waals surface area (Å²) in [7, 11) is 0. The minimum atomic E-state index is 0.385. The molecule has 0 saturated heterocycles. The molecule has 5 heteroatoms. The van der Waals surface area contributed by atoms with Crippen molar-refractivity contribution in [1.82, 2.24) is 20.4 Å². The largest absolute Gasteiger partial charge is 0.492 e. The lowest BCUT2D eigenvalue weighted by Gasteiger charge is -2.23. The van der Waals surface area contributed by atoms with Crippen LogP contribution in [0.1, 0.15) is 49.6 Å². The van der Waals surface area contributed by atoms with E-state index in [2.05, 4.69) is 58.5 Å². The fourth-order valence-corrected chi connectivity index (χ4v) is 3.44. The lowest BCUT2D eigenvalue weighted by Crippen LogP contribution is -2.27. The summed E-state index contributed by atoms with van der Waals surface area (Å²) in [5.41, 5.74) is 3.91. The molecule has 0 aliphatic heterocycles. The maximum atomic E-state index is 5.85. The van der Waals surface area contributed by atoms with Crippen molar-refractivity contribution < 1.29 is 4.74 Å². The Morgan fingerprint density at radius 3 is 2.80 bits per heavy atom. The van der Waals surface area contributed by atoms with Gasteiger partial charge in [0.1, 0.15) is 12.4 Å². The molecule has 1 aromatic heterocycles. The van der Waals surface area contributed by atoms with Crippen LogP contribution >= 0.6 is 0 Å². The first-order valence-electron chi connectivity index (χ1n) is 9.49. The summed E-state index contributed by atoms with van der Waals surface area (Å²) < 4.78 is 5.85. The van der Waals surface area contributed by atoms with Gasteiger partial charge in [-0.25, -0.2) is 0 Å². The number of nitrogens with zero attached hydrogens (tertiary/aromatic N) is 2. The second kappa shape index (κ2) is 9.02. The van der Waals surface area contributed by atoms with Crippen molar-refractivity contribution in [2.75, 3.05) is 26.2 Å². The van der Waals surface area contributed by atoms with Crippen molar-refractivity contribution >= 4 is 0 Å². The first kappa shape index (κ1) is 18.0. The van der Waals surface area contributed by atoms with E-state index in [1.54, 1.807) is 0 Å². The summed E-state index contributed by atoms with van der Waals surface area (Å²) in [5, 5.41) is 11.0. The number of ether oxygens (including phenoxy) is 1. The maximum absolute atomic E-state index is 5.85. The smallest absolute Gasteiger partial charge is 0.119 e. The van der Waals surface area contributed by atoms with Gasteiger partial charge in [0.2, 0.25) is 0 Å². The van der Waals surface area contributed by atoms with Gasteiger partial charge in [0, 0.05) is 19.1 Å². The van der Waals surface area contributed by atoms with Crippen LogP contribution in [0.3, 0.4) is 0 Å². The van der Waals surface area contributed by atoms with E-state index in [4.69, 9.17) is 4.74 Å². The lowest BCUT2D eigenvalue weighted by atomic mass is 9.93. The summed E-state index contributed by atoms with van der Waals surface area (Å²) in [6.45, 7) is 9.10. The van der Waals surface area contributed by atoms with Gasteiger partial charge in [-0.3, -0.25) is 5.10 Å². The van der Waals surface area contributed by atoms with Crippen LogP contribution in [0.5, 0.6) is 5.75 Å². The number of hydrogen-bond donors (Lipinski definition) is 2. The zero-order chi connectivity index (χ0) is 17.5. The molecule has 1 unspecified atom stereocenters. The highest BCUT2D eigenvalue weighted by Crippen LogP contribution is 2.27. The average molecular weight is 342 g/mol. The van der Waals surface area contributed by atoms with E-state index >= 15 is 0 Å². The minimum Gasteiger partial charge on any atom is -0.492 e. The van der Waals surface area contributed by atoms with Crippen LogP contribution in [0.15, 0.2) is 30.5 Å². The molecule has 5 nitrogen and oxygen atoms in total. The van der Waals surface area contributed by atoms with E-state index in [-0.39, 0.29) is 0 Å². The number of rotatable bonds is 9. The van der Waals surface area contributed by atoms with E-state index in [0.717, 1.165) is 45.0 Å². The van der Waals surface area contributed by atoms with Gasteiger partial charge in [-0.2, -0.15) is 5.10 Å². The third kappa shape index (κ3) is 4.83. The van der Waals surface area contributed by atoms with Crippen molar-refractivity contribution in [3.8, 4) is 5.75 Å². The highest BCUT2D eigenvalue weighted by Gasteiger charge is 2.21. The molecule has 1 aliphatic carbocycles. The zero-order valence-corrected chi connectivity index (χ0v) is 15.4. The highest BCUT2D eigenvalue weighted by atomic mass is 16.5. The summed E-state index contributed by atoms with van der Waals surface area (Å²) in [6.07, 6.45) is 5.50. The molecule has 136 valence electrons. The van der Waals surface area contributed by atoms with Crippen LogP contribution in [0.4, 0.5) is 0 Å². The standard InChI is InChI=1S/C20H30N4O/c1-3-24(4-2)12-13-25-18-10-8-16(9-11-18)14-21-19-7-5-6-17-15-22-23-20(17)19/h8-11,15,19,21H,3-7,12-14H2,1-2H3,(H,22,23). The monoisotopic (exact) mass is 342 g/mol. The molecule has 0 saturated carbocycles. The molecule has 3 rings (SSSR count). The summed E-state index contributed by atoms with van der Waals surface area (Å²) in [4.78, 5) is 2.37. The quantitative estimate of drug-likeness (QED) is 0.734. The van der Waals surface area contributed by atoms with Crippen LogP contribution < -0.4 is 10.1 Å². The third-order valence-electron chi connectivity index (χ3n) is 5.09. The van der Waals surface area contributed by atoms with E-state index in [0.29, 0.717) is 6.04 Å². The number of hydrogen-bond acceptors (Lipinski definition) is 4. The molecular formula is C20H30N4O. The van der Waals surface area contributed by atoms with Gasteiger partial charge in [0.15, 0.2) is 0 Å². The maximum Gasteiger partial charge on any atom is 0.119 e. The fourth-order valence-electron chi connectivity index (χ4n) is 3.44. The van der Waals surface area contributed by atoms with Gasteiger partial charge in [0.05, 0.1) is 11.9 Å². The fraction of sp³-hybridized carbons (Fsp3) is 0.550. The number of aromatic amines is 1. The van der Waals surface area contributed by atoms with Crippen LogP contribution in [-0.4, -0.2) is 41.3 Å². The van der Waals surface area contributed by atoms with Crippen molar-refractivity contribution in [3.05, 3.63) is 47.3 Å². The number of H-pyrrole nitrogens is 1. The Hall–Kier alpha value is -1.85. The summed E-state index contributed by atoms with van der Waals surface area (Å²) in [5.74, 6) is 0.949. The van der Waals surface area contributed by atoms with Gasteiger partial charge in [-0.1, -0.05) is 26.0 Å². The molecule has 0 amide bonds. The van der Waals surface area contributed by atoms with Crippen molar-refractivity contribution in [1.29, 1.82) is 0 Å². The molecular weight excluding hydrogens is 312 g/mol. The Kier molecular flexibility index (Phi) is 6.48. The van der Waals surface area contributed by atoms with E-state index in [1.165, 1.54) is 29.7 Å². The molecule has 2 N–H and O–H groups in total. The summed E-state index contributed by atoms with van der Waals surface area (Å²) in [6, 6.07) is 8.83.